The lowest BCUT2D eigenvalue weighted by molar-refractivity contribution is -0.197. The number of ether oxygens (including phenoxy) is 2. The van der Waals surface area contributed by atoms with Crippen molar-refractivity contribution in [3.8, 4) is 0 Å². The summed E-state index contributed by atoms with van der Waals surface area (Å²) in [6.07, 6.45) is 4.79. The smallest absolute Gasteiger partial charge is 0.374 e. The van der Waals surface area contributed by atoms with E-state index in [9.17, 15) is 14.7 Å². The molecule has 0 amide bonds. The summed E-state index contributed by atoms with van der Waals surface area (Å²) in [5.74, 6) is 0.0752. The van der Waals surface area contributed by atoms with Gasteiger partial charge in [-0.2, -0.15) is 0 Å². The second kappa shape index (κ2) is 6.59. The van der Waals surface area contributed by atoms with Crippen LogP contribution in [0.1, 0.15) is 61.6 Å². The van der Waals surface area contributed by atoms with Crippen LogP contribution in [0, 0.1) is 17.3 Å². The summed E-state index contributed by atoms with van der Waals surface area (Å²) >= 11 is 0. The summed E-state index contributed by atoms with van der Waals surface area (Å²) in [5.41, 5.74) is -0.217. The molecule has 1 aromatic heterocycles. The van der Waals surface area contributed by atoms with Gasteiger partial charge in [0.2, 0.25) is 5.76 Å². The van der Waals surface area contributed by atoms with Crippen molar-refractivity contribution in [2.24, 2.45) is 17.3 Å². The minimum absolute atomic E-state index is 0.0422. The molecule has 4 aliphatic carbocycles. The molecule has 4 saturated carbocycles. The number of hydrogen-bond acceptors (Lipinski definition) is 6. The van der Waals surface area contributed by atoms with Gasteiger partial charge < -0.3 is 19.0 Å². The van der Waals surface area contributed by atoms with Gasteiger partial charge in [0.15, 0.2) is 0 Å². The third-order valence-electron chi connectivity index (χ3n) is 6.97. The average Bonchev–Trinajstić information content (AvgIpc) is 3.03. The third-order valence-corrected chi connectivity index (χ3v) is 6.97. The Hall–Kier alpha value is -2.34. The van der Waals surface area contributed by atoms with Crippen LogP contribution in [0.15, 0.2) is 28.7 Å². The molecule has 0 saturated heterocycles. The van der Waals surface area contributed by atoms with Crippen LogP contribution in [0.2, 0.25) is 0 Å². The Morgan fingerprint density at radius 2 is 1.86 bits per heavy atom. The van der Waals surface area contributed by atoms with Crippen LogP contribution < -0.4 is 0 Å². The van der Waals surface area contributed by atoms with Gasteiger partial charge in [0.05, 0.1) is 23.2 Å². The molecule has 4 bridgehead atoms. The van der Waals surface area contributed by atoms with Crippen molar-refractivity contribution in [1.29, 1.82) is 0 Å². The lowest BCUT2D eigenvalue weighted by Gasteiger charge is -2.58. The zero-order valence-electron chi connectivity index (χ0n) is 16.6. The summed E-state index contributed by atoms with van der Waals surface area (Å²) in [6.45, 7) is 1.93. The Morgan fingerprint density at radius 1 is 1.14 bits per heavy atom. The van der Waals surface area contributed by atoms with Crippen molar-refractivity contribution >= 4 is 22.9 Å². The number of benzene rings is 1. The highest BCUT2D eigenvalue weighted by Gasteiger charge is 2.60. The Balaban J connectivity index is 1.40. The summed E-state index contributed by atoms with van der Waals surface area (Å²) < 4.78 is 16.6. The number of aliphatic hydroxyl groups is 1. The second-order valence-electron chi connectivity index (χ2n) is 9.17. The lowest BCUT2D eigenvalue weighted by atomic mass is 9.48. The molecule has 0 radical (unpaired) electrons. The maximum atomic E-state index is 13.2. The van der Waals surface area contributed by atoms with E-state index in [1.165, 1.54) is 0 Å². The number of hydrogen-bond donors (Lipinski definition) is 1. The fraction of sp³-hybridized carbons (Fsp3) is 0.565. The highest BCUT2D eigenvalue weighted by atomic mass is 16.5. The van der Waals surface area contributed by atoms with Crippen LogP contribution in [0.25, 0.3) is 11.0 Å². The minimum Gasteiger partial charge on any atom is -0.460 e. The van der Waals surface area contributed by atoms with E-state index in [-0.39, 0.29) is 24.9 Å². The van der Waals surface area contributed by atoms with E-state index < -0.39 is 17.0 Å². The fourth-order valence-electron chi connectivity index (χ4n) is 6.35. The lowest BCUT2D eigenvalue weighted by Crippen LogP contribution is -2.58. The Labute approximate surface area is 169 Å². The van der Waals surface area contributed by atoms with Gasteiger partial charge in [0, 0.05) is 5.39 Å². The normalized spacial score (nSPS) is 32.5. The molecule has 0 aliphatic heterocycles. The predicted molar refractivity (Wildman–Crippen MR) is 104 cm³/mol. The molecule has 6 nitrogen and oxygen atoms in total. The number of carbonyl (C=O) groups is 2. The molecule has 4 atom stereocenters. The number of esters is 2. The van der Waals surface area contributed by atoms with Crippen molar-refractivity contribution in [2.45, 2.75) is 57.7 Å². The molecule has 1 N–H and O–H groups in total. The minimum atomic E-state index is -0.721. The molecular weight excluding hydrogens is 372 g/mol. The SMILES string of the molecule is CCOC(=O)c1oc2ccccc2c1COC(=O)C12C[C@@H]3C[C@@H](CC(O)(C3)C1)C2. The van der Waals surface area contributed by atoms with Crippen LogP contribution >= 0.6 is 0 Å². The van der Waals surface area contributed by atoms with Gasteiger partial charge in [-0.1, -0.05) is 18.2 Å². The van der Waals surface area contributed by atoms with Crippen LogP contribution in [-0.2, 0) is 20.9 Å². The Morgan fingerprint density at radius 3 is 2.55 bits per heavy atom. The first-order valence-electron chi connectivity index (χ1n) is 10.5. The molecular formula is C23H26O6. The van der Waals surface area contributed by atoms with E-state index in [0.717, 1.165) is 37.5 Å². The average molecular weight is 398 g/mol. The van der Waals surface area contributed by atoms with Crippen molar-refractivity contribution in [3.63, 3.8) is 0 Å². The van der Waals surface area contributed by atoms with Crippen molar-refractivity contribution < 1.29 is 28.6 Å². The summed E-state index contributed by atoms with van der Waals surface area (Å²) in [6, 6.07) is 7.30. The largest absolute Gasteiger partial charge is 0.460 e. The molecule has 0 spiro atoms. The van der Waals surface area contributed by atoms with Gasteiger partial charge in [-0.15, -0.1) is 0 Å². The molecule has 4 aliphatic rings. The zero-order chi connectivity index (χ0) is 20.2. The topological polar surface area (TPSA) is 86.0 Å². The van der Waals surface area contributed by atoms with E-state index >= 15 is 0 Å². The number of rotatable bonds is 5. The van der Waals surface area contributed by atoms with Gasteiger partial charge in [-0.05, 0) is 63.4 Å². The van der Waals surface area contributed by atoms with Crippen molar-refractivity contribution in [3.05, 3.63) is 35.6 Å². The summed E-state index contributed by atoms with van der Waals surface area (Å²) in [4.78, 5) is 25.6. The number of carbonyl (C=O) groups excluding carboxylic acids is 2. The summed E-state index contributed by atoms with van der Waals surface area (Å²) in [5, 5.41) is 11.6. The molecule has 6 rings (SSSR count). The van der Waals surface area contributed by atoms with E-state index in [1.54, 1.807) is 13.0 Å². The first-order chi connectivity index (χ1) is 13.9. The van der Waals surface area contributed by atoms with Crippen molar-refractivity contribution in [2.75, 3.05) is 6.61 Å². The van der Waals surface area contributed by atoms with Gasteiger partial charge in [-0.25, -0.2) is 4.79 Å². The zero-order valence-corrected chi connectivity index (χ0v) is 16.6. The number of fused-ring (bicyclic) bond motifs is 1. The molecule has 1 aromatic carbocycles. The van der Waals surface area contributed by atoms with E-state index in [2.05, 4.69) is 0 Å². The van der Waals surface area contributed by atoms with Crippen LogP contribution in [0.4, 0.5) is 0 Å². The molecule has 154 valence electrons. The third kappa shape index (κ3) is 3.05. The van der Waals surface area contributed by atoms with Crippen LogP contribution in [0.5, 0.6) is 0 Å². The maximum absolute atomic E-state index is 13.2. The van der Waals surface area contributed by atoms with E-state index in [4.69, 9.17) is 13.9 Å². The molecule has 1 heterocycles. The Kier molecular flexibility index (Phi) is 4.24. The molecule has 4 fully saturated rings. The molecule has 6 heteroatoms. The Bertz CT molecular complexity index is 959. The van der Waals surface area contributed by atoms with Gasteiger partial charge in [-0.3, -0.25) is 4.79 Å². The van der Waals surface area contributed by atoms with Crippen molar-refractivity contribution in [1.82, 2.24) is 0 Å². The van der Waals surface area contributed by atoms with E-state index in [0.29, 0.717) is 29.4 Å². The predicted octanol–water partition coefficient (Wildman–Crippen LogP) is 3.98. The first-order valence-corrected chi connectivity index (χ1v) is 10.5. The van der Waals surface area contributed by atoms with Gasteiger partial charge in [0.25, 0.3) is 0 Å². The van der Waals surface area contributed by atoms with Crippen LogP contribution in [0.3, 0.4) is 0 Å². The first kappa shape index (κ1) is 18.7. The van der Waals surface area contributed by atoms with Gasteiger partial charge >= 0.3 is 11.9 Å². The molecule has 29 heavy (non-hydrogen) atoms. The highest BCUT2D eigenvalue weighted by molar-refractivity contribution is 5.96. The fourth-order valence-corrected chi connectivity index (χ4v) is 6.35. The monoisotopic (exact) mass is 398 g/mol. The second-order valence-corrected chi connectivity index (χ2v) is 9.17. The van der Waals surface area contributed by atoms with Crippen LogP contribution in [-0.4, -0.2) is 29.3 Å². The van der Waals surface area contributed by atoms with Gasteiger partial charge in [0.1, 0.15) is 12.2 Å². The standard InChI is InChI=1S/C23H26O6/c1-2-27-20(24)19-17(16-5-3-4-6-18(16)29-19)12-28-21(25)22-8-14-7-15(9-22)11-23(26,10-14)13-22/h3-6,14-15,26H,2,7-13H2,1H3/t14-,15+,22?,23?. The molecule has 2 aromatic rings. The quantitative estimate of drug-likeness (QED) is 0.767. The summed E-state index contributed by atoms with van der Waals surface area (Å²) in [7, 11) is 0. The molecule has 2 unspecified atom stereocenters. The maximum Gasteiger partial charge on any atom is 0.374 e. The highest BCUT2D eigenvalue weighted by Crippen LogP contribution is 2.62. The number of furan rings is 1. The number of para-hydroxylation sites is 1. The van der Waals surface area contributed by atoms with E-state index in [1.807, 2.05) is 18.2 Å².